The first-order valence-electron chi connectivity index (χ1n) is 11.5. The first-order valence-corrected chi connectivity index (χ1v) is 11.5. The maximum absolute atomic E-state index is 13.1. The van der Waals surface area contributed by atoms with E-state index in [4.69, 9.17) is 4.74 Å². The number of amides is 4. The Kier molecular flexibility index (Phi) is 6.68. The predicted molar refractivity (Wildman–Crippen MR) is 126 cm³/mol. The molecule has 2 heterocycles. The van der Waals surface area contributed by atoms with Crippen molar-refractivity contribution in [3.63, 3.8) is 0 Å². The van der Waals surface area contributed by atoms with Crippen molar-refractivity contribution in [1.29, 1.82) is 0 Å². The van der Waals surface area contributed by atoms with E-state index in [-0.39, 0.29) is 35.1 Å². The second-order valence-electron chi connectivity index (χ2n) is 9.08. The topological polar surface area (TPSA) is 104 Å². The summed E-state index contributed by atoms with van der Waals surface area (Å²) < 4.78 is 5.05. The molecule has 1 saturated heterocycles. The van der Waals surface area contributed by atoms with Gasteiger partial charge in [-0.2, -0.15) is 0 Å². The largest absolute Gasteiger partial charge is 0.427 e. The molecule has 2 aliphatic rings. The summed E-state index contributed by atoms with van der Waals surface area (Å²) in [5, 5.41) is 0. The highest BCUT2D eigenvalue weighted by molar-refractivity contribution is 6.22. The van der Waals surface area contributed by atoms with Gasteiger partial charge in [0.05, 0.1) is 11.1 Å². The van der Waals surface area contributed by atoms with Crippen LogP contribution >= 0.6 is 0 Å². The summed E-state index contributed by atoms with van der Waals surface area (Å²) in [6.07, 6.45) is 0. The van der Waals surface area contributed by atoms with Gasteiger partial charge in [0, 0.05) is 50.8 Å². The lowest BCUT2D eigenvalue weighted by Gasteiger charge is -2.35. The summed E-state index contributed by atoms with van der Waals surface area (Å²) in [4.78, 5) is 67.0. The van der Waals surface area contributed by atoms with Crippen LogP contribution in [0.1, 0.15) is 62.2 Å². The molecule has 0 aliphatic carbocycles. The molecule has 0 aromatic heterocycles. The fourth-order valence-electron chi connectivity index (χ4n) is 4.29. The zero-order valence-electron chi connectivity index (χ0n) is 19.9. The summed E-state index contributed by atoms with van der Waals surface area (Å²) in [6.45, 7) is 6.82. The number of imide groups is 1. The third-order valence-corrected chi connectivity index (χ3v) is 5.96. The molecule has 0 spiro atoms. The number of carbonyl (C=O) groups is 5. The molecule has 4 amide bonds. The van der Waals surface area contributed by atoms with E-state index in [1.54, 1.807) is 40.1 Å². The SMILES string of the molecule is CC(=O)Oc1cccc(C(=O)N2CCN(C(=O)c3ccc4c(c3)C(=O)N(CC(C)C)C4=O)CC2)c1. The minimum absolute atomic E-state index is 0.140. The van der Waals surface area contributed by atoms with Gasteiger partial charge in [-0.3, -0.25) is 28.9 Å². The number of nitrogens with zero attached hydrogens (tertiary/aromatic N) is 3. The fraction of sp³-hybridized carbons (Fsp3) is 0.346. The van der Waals surface area contributed by atoms with E-state index in [1.807, 2.05) is 13.8 Å². The summed E-state index contributed by atoms with van der Waals surface area (Å²) in [5.74, 6) is -1.19. The molecule has 0 atom stereocenters. The molecule has 0 saturated carbocycles. The molecule has 2 aliphatic heterocycles. The van der Waals surface area contributed by atoms with Crippen LogP contribution in [0.2, 0.25) is 0 Å². The Bertz CT molecular complexity index is 1210. The molecule has 35 heavy (non-hydrogen) atoms. The molecule has 9 nitrogen and oxygen atoms in total. The minimum atomic E-state index is -0.466. The first-order chi connectivity index (χ1) is 16.7. The van der Waals surface area contributed by atoms with Gasteiger partial charge in [0.25, 0.3) is 23.6 Å². The Hall–Kier alpha value is -4.01. The Labute approximate surface area is 203 Å². The Morgan fingerprint density at radius 3 is 1.97 bits per heavy atom. The maximum atomic E-state index is 13.1. The average Bonchev–Trinajstić information content (AvgIpc) is 3.07. The summed E-state index contributed by atoms with van der Waals surface area (Å²) in [6, 6.07) is 11.0. The normalized spacial score (nSPS) is 15.5. The van der Waals surface area contributed by atoms with E-state index in [0.717, 1.165) is 0 Å². The van der Waals surface area contributed by atoms with Crippen LogP contribution in [-0.2, 0) is 4.79 Å². The zero-order chi connectivity index (χ0) is 25.3. The number of hydrogen-bond donors (Lipinski definition) is 0. The molecule has 1 fully saturated rings. The highest BCUT2D eigenvalue weighted by Gasteiger charge is 2.36. The van der Waals surface area contributed by atoms with Crippen molar-refractivity contribution in [3.8, 4) is 5.75 Å². The van der Waals surface area contributed by atoms with E-state index < -0.39 is 5.97 Å². The summed E-state index contributed by atoms with van der Waals surface area (Å²) >= 11 is 0. The summed E-state index contributed by atoms with van der Waals surface area (Å²) in [5.41, 5.74) is 1.31. The minimum Gasteiger partial charge on any atom is -0.427 e. The van der Waals surface area contributed by atoms with Crippen LogP contribution in [0.15, 0.2) is 42.5 Å². The van der Waals surface area contributed by atoms with Crippen LogP contribution in [0.5, 0.6) is 5.75 Å². The Morgan fingerprint density at radius 1 is 0.829 bits per heavy atom. The second kappa shape index (κ2) is 9.69. The van der Waals surface area contributed by atoms with E-state index in [9.17, 15) is 24.0 Å². The monoisotopic (exact) mass is 477 g/mol. The Morgan fingerprint density at radius 2 is 1.40 bits per heavy atom. The van der Waals surface area contributed by atoms with Gasteiger partial charge in [0.1, 0.15) is 5.75 Å². The van der Waals surface area contributed by atoms with Gasteiger partial charge in [-0.05, 0) is 42.3 Å². The average molecular weight is 478 g/mol. The third-order valence-electron chi connectivity index (χ3n) is 5.96. The third kappa shape index (κ3) is 4.94. The van der Waals surface area contributed by atoms with Crippen molar-refractivity contribution in [2.45, 2.75) is 20.8 Å². The fourth-order valence-corrected chi connectivity index (χ4v) is 4.29. The molecular formula is C26H27N3O6. The van der Waals surface area contributed by atoms with Crippen molar-refractivity contribution in [1.82, 2.24) is 14.7 Å². The highest BCUT2D eigenvalue weighted by Crippen LogP contribution is 2.26. The number of benzene rings is 2. The quantitative estimate of drug-likeness (QED) is 0.372. The molecule has 9 heteroatoms. The van der Waals surface area contributed by atoms with Gasteiger partial charge in [0.15, 0.2) is 0 Å². The zero-order valence-corrected chi connectivity index (χ0v) is 19.9. The highest BCUT2D eigenvalue weighted by atomic mass is 16.5. The molecule has 0 radical (unpaired) electrons. The first kappa shape index (κ1) is 24.1. The number of esters is 1. The lowest BCUT2D eigenvalue weighted by atomic mass is 10.0. The molecular weight excluding hydrogens is 450 g/mol. The predicted octanol–water partition coefficient (Wildman–Crippen LogP) is 2.46. The number of carbonyl (C=O) groups excluding carboxylic acids is 5. The van der Waals surface area contributed by atoms with Gasteiger partial charge >= 0.3 is 5.97 Å². The van der Waals surface area contributed by atoms with Crippen molar-refractivity contribution < 1.29 is 28.7 Å². The molecule has 0 unspecified atom stereocenters. The molecule has 2 aromatic rings. The van der Waals surface area contributed by atoms with Crippen LogP contribution < -0.4 is 4.74 Å². The van der Waals surface area contributed by atoms with Crippen LogP contribution in [0.25, 0.3) is 0 Å². The van der Waals surface area contributed by atoms with E-state index in [1.165, 1.54) is 24.0 Å². The number of fused-ring (bicyclic) bond motifs is 1. The van der Waals surface area contributed by atoms with E-state index >= 15 is 0 Å². The number of hydrogen-bond acceptors (Lipinski definition) is 6. The van der Waals surface area contributed by atoms with Gasteiger partial charge in [-0.15, -0.1) is 0 Å². The van der Waals surface area contributed by atoms with Crippen molar-refractivity contribution in [2.24, 2.45) is 5.92 Å². The number of ether oxygens (including phenoxy) is 1. The van der Waals surface area contributed by atoms with Crippen molar-refractivity contribution >= 4 is 29.6 Å². The lowest BCUT2D eigenvalue weighted by Crippen LogP contribution is -2.50. The summed E-state index contributed by atoms with van der Waals surface area (Å²) in [7, 11) is 0. The van der Waals surface area contributed by atoms with Crippen molar-refractivity contribution in [2.75, 3.05) is 32.7 Å². The van der Waals surface area contributed by atoms with E-state index in [0.29, 0.717) is 55.2 Å². The lowest BCUT2D eigenvalue weighted by molar-refractivity contribution is -0.131. The maximum Gasteiger partial charge on any atom is 0.308 e. The number of piperazine rings is 1. The molecule has 4 rings (SSSR count). The van der Waals surface area contributed by atoms with Gasteiger partial charge in [0.2, 0.25) is 0 Å². The standard InChI is InChI=1S/C26H27N3O6/c1-16(2)15-29-25(33)21-8-7-19(14-22(21)26(29)34)24(32)28-11-9-27(10-12-28)23(31)18-5-4-6-20(13-18)35-17(3)30/h4-8,13-14,16H,9-12,15H2,1-3H3. The Balaban J connectivity index is 1.41. The molecule has 2 aromatic carbocycles. The van der Waals surface area contributed by atoms with Gasteiger partial charge in [-0.25, -0.2) is 0 Å². The van der Waals surface area contributed by atoms with E-state index in [2.05, 4.69) is 0 Å². The van der Waals surface area contributed by atoms with Crippen molar-refractivity contribution in [3.05, 3.63) is 64.7 Å². The van der Waals surface area contributed by atoms with Crippen LogP contribution in [0.4, 0.5) is 0 Å². The van der Waals surface area contributed by atoms with Crippen LogP contribution in [0.3, 0.4) is 0 Å². The molecule has 182 valence electrons. The molecule has 0 bridgehead atoms. The van der Waals surface area contributed by atoms with Crippen LogP contribution in [0, 0.1) is 5.92 Å². The van der Waals surface area contributed by atoms with Gasteiger partial charge < -0.3 is 14.5 Å². The smallest absolute Gasteiger partial charge is 0.308 e. The number of rotatable bonds is 5. The van der Waals surface area contributed by atoms with Gasteiger partial charge in [-0.1, -0.05) is 19.9 Å². The molecule has 0 N–H and O–H groups in total. The second-order valence-corrected chi connectivity index (χ2v) is 9.08. The van der Waals surface area contributed by atoms with Crippen LogP contribution in [-0.4, -0.2) is 77.0 Å².